The number of amides is 1. The van der Waals surface area contributed by atoms with Gasteiger partial charge in [0.1, 0.15) is 11.6 Å². The first-order valence-electron chi connectivity index (χ1n) is 10.1. The van der Waals surface area contributed by atoms with Crippen molar-refractivity contribution in [3.63, 3.8) is 0 Å². The number of rotatable bonds is 7. The lowest BCUT2D eigenvalue weighted by molar-refractivity contribution is -0.124. The summed E-state index contributed by atoms with van der Waals surface area (Å²) in [7, 11) is 1.52. The standard InChI is InChI=1S/C24H22N4O4/c1-3-20(23(29)28-18-8-4-5-9-21(18)31-2)32-24(30)15-10-11-17-19(13-15)27-22(26-17)16-7-6-12-25-14-16/h4-14,20H,3H2,1-2H3,(H,26,27)(H,28,29). The second-order valence-corrected chi connectivity index (χ2v) is 7.05. The highest BCUT2D eigenvalue weighted by molar-refractivity contribution is 5.99. The Labute approximate surface area is 184 Å². The summed E-state index contributed by atoms with van der Waals surface area (Å²) in [6.07, 6.45) is 2.77. The Balaban J connectivity index is 1.49. The molecule has 0 spiro atoms. The predicted octanol–water partition coefficient (Wildman–Crippen LogP) is 4.21. The van der Waals surface area contributed by atoms with E-state index in [2.05, 4.69) is 20.3 Å². The topological polar surface area (TPSA) is 106 Å². The Morgan fingerprint density at radius 1 is 1.12 bits per heavy atom. The summed E-state index contributed by atoms with van der Waals surface area (Å²) in [4.78, 5) is 37.2. The number of nitrogens with one attached hydrogen (secondary N) is 2. The molecule has 2 N–H and O–H groups in total. The average Bonchev–Trinajstić information content (AvgIpc) is 3.26. The van der Waals surface area contributed by atoms with Crippen molar-refractivity contribution in [2.24, 2.45) is 0 Å². The lowest BCUT2D eigenvalue weighted by atomic mass is 10.2. The number of carbonyl (C=O) groups excluding carboxylic acids is 2. The molecule has 0 aliphatic rings. The van der Waals surface area contributed by atoms with E-state index in [0.717, 1.165) is 5.56 Å². The van der Waals surface area contributed by atoms with Crippen LogP contribution in [0.1, 0.15) is 23.7 Å². The fraction of sp³-hybridized carbons (Fsp3) is 0.167. The summed E-state index contributed by atoms with van der Waals surface area (Å²) in [6, 6.07) is 15.8. The van der Waals surface area contributed by atoms with E-state index in [1.807, 2.05) is 12.1 Å². The zero-order valence-electron chi connectivity index (χ0n) is 17.7. The Kier molecular flexibility index (Phi) is 6.12. The third-order valence-corrected chi connectivity index (χ3v) is 4.93. The molecule has 0 saturated carbocycles. The molecule has 32 heavy (non-hydrogen) atoms. The number of H-pyrrole nitrogens is 1. The molecule has 0 aliphatic heterocycles. The molecule has 4 aromatic rings. The fourth-order valence-electron chi connectivity index (χ4n) is 3.26. The molecule has 162 valence electrons. The van der Waals surface area contributed by atoms with Crippen molar-refractivity contribution in [2.75, 3.05) is 12.4 Å². The molecule has 8 nitrogen and oxygen atoms in total. The number of aromatic amines is 1. The summed E-state index contributed by atoms with van der Waals surface area (Å²) in [5.41, 5.74) is 3.07. The van der Waals surface area contributed by atoms with Crippen molar-refractivity contribution in [1.29, 1.82) is 0 Å². The number of carbonyl (C=O) groups is 2. The minimum absolute atomic E-state index is 0.322. The third-order valence-electron chi connectivity index (χ3n) is 4.93. The molecule has 2 heterocycles. The first-order chi connectivity index (χ1) is 15.6. The predicted molar refractivity (Wildman–Crippen MR) is 120 cm³/mol. The SMILES string of the molecule is CCC(OC(=O)c1ccc2nc(-c3cccnc3)[nH]c2c1)C(=O)Nc1ccccc1OC. The van der Waals surface area contributed by atoms with Crippen LogP contribution in [-0.4, -0.2) is 40.0 Å². The second kappa shape index (κ2) is 9.30. The lowest BCUT2D eigenvalue weighted by Crippen LogP contribution is -2.32. The maximum atomic E-state index is 12.7. The number of methoxy groups -OCH3 is 1. The largest absolute Gasteiger partial charge is 0.495 e. The van der Waals surface area contributed by atoms with Gasteiger partial charge >= 0.3 is 5.97 Å². The quantitative estimate of drug-likeness (QED) is 0.426. The van der Waals surface area contributed by atoms with E-state index in [1.165, 1.54) is 7.11 Å². The van der Waals surface area contributed by atoms with Gasteiger partial charge in [0.25, 0.3) is 5.91 Å². The summed E-state index contributed by atoms with van der Waals surface area (Å²) < 4.78 is 10.7. The second-order valence-electron chi connectivity index (χ2n) is 7.05. The molecule has 1 amide bonds. The Bertz CT molecular complexity index is 1250. The Morgan fingerprint density at radius 3 is 2.72 bits per heavy atom. The zero-order chi connectivity index (χ0) is 22.5. The number of anilines is 1. The summed E-state index contributed by atoms with van der Waals surface area (Å²) in [6.45, 7) is 1.78. The van der Waals surface area contributed by atoms with Crippen LogP contribution < -0.4 is 10.1 Å². The van der Waals surface area contributed by atoms with Gasteiger partial charge in [-0.3, -0.25) is 9.78 Å². The highest BCUT2D eigenvalue weighted by Crippen LogP contribution is 2.24. The summed E-state index contributed by atoms with van der Waals surface area (Å²) in [5, 5.41) is 2.76. The molecule has 0 fully saturated rings. The maximum absolute atomic E-state index is 12.7. The van der Waals surface area contributed by atoms with Gasteiger partial charge in [-0.15, -0.1) is 0 Å². The minimum Gasteiger partial charge on any atom is -0.495 e. The number of nitrogens with zero attached hydrogens (tertiary/aromatic N) is 2. The van der Waals surface area contributed by atoms with E-state index >= 15 is 0 Å². The van der Waals surface area contributed by atoms with E-state index in [4.69, 9.17) is 9.47 Å². The van der Waals surface area contributed by atoms with Crippen LogP contribution in [0.4, 0.5) is 5.69 Å². The number of imidazole rings is 1. The Morgan fingerprint density at radius 2 is 1.97 bits per heavy atom. The number of para-hydroxylation sites is 2. The number of esters is 1. The molecular formula is C24H22N4O4. The molecule has 0 bridgehead atoms. The number of ether oxygens (including phenoxy) is 2. The molecule has 0 saturated heterocycles. The zero-order valence-corrected chi connectivity index (χ0v) is 17.7. The van der Waals surface area contributed by atoms with Gasteiger partial charge < -0.3 is 19.8 Å². The number of hydrogen-bond acceptors (Lipinski definition) is 6. The van der Waals surface area contributed by atoms with Crippen LogP contribution >= 0.6 is 0 Å². The molecule has 4 rings (SSSR count). The molecule has 1 atom stereocenters. The Hall–Kier alpha value is -4.20. The van der Waals surface area contributed by atoms with Crippen molar-refractivity contribution in [1.82, 2.24) is 15.0 Å². The lowest BCUT2D eigenvalue weighted by Gasteiger charge is -2.17. The molecule has 0 radical (unpaired) electrons. The van der Waals surface area contributed by atoms with Gasteiger partial charge in [0.2, 0.25) is 0 Å². The van der Waals surface area contributed by atoms with E-state index in [0.29, 0.717) is 40.3 Å². The number of hydrogen-bond donors (Lipinski definition) is 2. The highest BCUT2D eigenvalue weighted by Gasteiger charge is 2.23. The molecule has 1 unspecified atom stereocenters. The van der Waals surface area contributed by atoms with Crippen LogP contribution in [0, 0.1) is 0 Å². The minimum atomic E-state index is -0.948. The van der Waals surface area contributed by atoms with Crippen LogP contribution in [0.5, 0.6) is 5.75 Å². The monoisotopic (exact) mass is 430 g/mol. The molecule has 2 aromatic carbocycles. The van der Waals surface area contributed by atoms with Crippen LogP contribution in [0.15, 0.2) is 67.0 Å². The van der Waals surface area contributed by atoms with E-state index in [9.17, 15) is 9.59 Å². The van der Waals surface area contributed by atoms with Crippen molar-refractivity contribution in [3.05, 3.63) is 72.6 Å². The van der Waals surface area contributed by atoms with Crippen molar-refractivity contribution >= 4 is 28.6 Å². The van der Waals surface area contributed by atoms with E-state index in [1.54, 1.807) is 61.8 Å². The van der Waals surface area contributed by atoms with Crippen molar-refractivity contribution < 1.29 is 19.1 Å². The number of fused-ring (bicyclic) bond motifs is 1. The van der Waals surface area contributed by atoms with Gasteiger partial charge in [0.15, 0.2) is 6.10 Å². The van der Waals surface area contributed by atoms with Crippen LogP contribution in [0.25, 0.3) is 22.4 Å². The molecule has 0 aliphatic carbocycles. The first kappa shape index (κ1) is 21.0. The summed E-state index contributed by atoms with van der Waals surface area (Å²) in [5.74, 6) is 0.163. The molecule has 2 aromatic heterocycles. The van der Waals surface area contributed by atoms with Gasteiger partial charge in [0.05, 0.1) is 29.4 Å². The van der Waals surface area contributed by atoms with Gasteiger partial charge in [-0.05, 0) is 48.9 Å². The van der Waals surface area contributed by atoms with Gasteiger partial charge in [-0.2, -0.15) is 0 Å². The van der Waals surface area contributed by atoms with E-state index in [-0.39, 0.29) is 0 Å². The van der Waals surface area contributed by atoms with E-state index < -0.39 is 18.0 Å². The average molecular weight is 430 g/mol. The molecule has 8 heteroatoms. The van der Waals surface area contributed by atoms with Crippen LogP contribution in [-0.2, 0) is 9.53 Å². The number of pyridine rings is 1. The first-order valence-corrected chi connectivity index (χ1v) is 10.1. The summed E-state index contributed by atoms with van der Waals surface area (Å²) >= 11 is 0. The van der Waals surface area contributed by atoms with Crippen molar-refractivity contribution in [3.8, 4) is 17.1 Å². The number of benzene rings is 2. The normalized spacial score (nSPS) is 11.7. The van der Waals surface area contributed by atoms with Gasteiger partial charge in [-0.25, -0.2) is 9.78 Å². The fourth-order valence-corrected chi connectivity index (χ4v) is 3.26. The van der Waals surface area contributed by atoms with Crippen molar-refractivity contribution in [2.45, 2.75) is 19.4 Å². The molecular weight excluding hydrogens is 408 g/mol. The smallest absolute Gasteiger partial charge is 0.338 e. The highest BCUT2D eigenvalue weighted by atomic mass is 16.5. The number of aromatic nitrogens is 3. The van der Waals surface area contributed by atoms with Crippen LogP contribution in [0.2, 0.25) is 0 Å². The van der Waals surface area contributed by atoms with Crippen LogP contribution in [0.3, 0.4) is 0 Å². The maximum Gasteiger partial charge on any atom is 0.338 e. The third kappa shape index (κ3) is 4.44. The van der Waals surface area contributed by atoms with Gasteiger partial charge in [0, 0.05) is 18.0 Å². The van der Waals surface area contributed by atoms with Gasteiger partial charge in [-0.1, -0.05) is 19.1 Å².